The monoisotopic (exact) mass is 208 g/mol. The van der Waals surface area contributed by atoms with Gasteiger partial charge in [0, 0.05) is 12.6 Å². The summed E-state index contributed by atoms with van der Waals surface area (Å²) < 4.78 is 10.2. The van der Waals surface area contributed by atoms with E-state index >= 15 is 0 Å². The molecule has 5 nitrogen and oxygen atoms in total. The molecule has 0 saturated carbocycles. The van der Waals surface area contributed by atoms with E-state index in [1.165, 1.54) is 6.26 Å². The molecule has 0 fully saturated rings. The number of rotatable bonds is 4. The van der Waals surface area contributed by atoms with Crippen LogP contribution >= 0.6 is 0 Å². The number of anilines is 1. The number of aliphatic hydroxyl groups excluding tert-OH is 1. The summed E-state index contributed by atoms with van der Waals surface area (Å²) in [6.45, 7) is 0.547. The van der Waals surface area contributed by atoms with Crippen molar-refractivity contribution >= 4 is 6.01 Å². The van der Waals surface area contributed by atoms with Gasteiger partial charge in [-0.15, -0.1) is 0 Å². The molecule has 2 aromatic heterocycles. The van der Waals surface area contributed by atoms with E-state index in [1.807, 2.05) is 18.0 Å². The predicted molar refractivity (Wildman–Crippen MR) is 53.2 cm³/mol. The van der Waals surface area contributed by atoms with Crippen LogP contribution in [0.25, 0.3) is 0 Å². The largest absolute Gasteiger partial charge is 0.472 e. The van der Waals surface area contributed by atoms with Crippen molar-refractivity contribution in [3.05, 3.63) is 36.1 Å². The number of hydrogen-bond donors (Lipinski definition) is 1. The lowest BCUT2D eigenvalue weighted by molar-refractivity contribution is 0.276. The molecule has 0 spiro atoms. The number of oxazole rings is 1. The third-order valence-electron chi connectivity index (χ3n) is 2.03. The molecule has 80 valence electrons. The van der Waals surface area contributed by atoms with Crippen molar-refractivity contribution in [3.63, 3.8) is 0 Å². The Morgan fingerprint density at radius 2 is 2.33 bits per heavy atom. The van der Waals surface area contributed by atoms with Gasteiger partial charge in [0.25, 0.3) is 6.01 Å². The molecule has 0 aliphatic heterocycles. The van der Waals surface area contributed by atoms with E-state index in [-0.39, 0.29) is 6.61 Å². The van der Waals surface area contributed by atoms with Crippen LogP contribution in [0.5, 0.6) is 0 Å². The van der Waals surface area contributed by atoms with Crippen molar-refractivity contribution in [1.82, 2.24) is 4.98 Å². The minimum atomic E-state index is -0.108. The van der Waals surface area contributed by atoms with Crippen LogP contribution in [-0.2, 0) is 13.2 Å². The molecule has 0 amide bonds. The topological polar surface area (TPSA) is 62.6 Å². The molecule has 2 heterocycles. The van der Waals surface area contributed by atoms with Gasteiger partial charge in [-0.3, -0.25) is 0 Å². The third-order valence-corrected chi connectivity index (χ3v) is 2.03. The second kappa shape index (κ2) is 4.18. The molecule has 0 atom stereocenters. The van der Waals surface area contributed by atoms with Crippen molar-refractivity contribution in [1.29, 1.82) is 0 Å². The van der Waals surface area contributed by atoms with Crippen LogP contribution in [0, 0.1) is 0 Å². The molecule has 2 aromatic rings. The number of nitrogens with zero attached hydrogens (tertiary/aromatic N) is 2. The van der Waals surface area contributed by atoms with Crippen LogP contribution in [0.2, 0.25) is 0 Å². The van der Waals surface area contributed by atoms with Crippen LogP contribution < -0.4 is 4.90 Å². The lowest BCUT2D eigenvalue weighted by atomic mass is 10.3. The minimum absolute atomic E-state index is 0.108. The van der Waals surface area contributed by atoms with Gasteiger partial charge in [-0.2, -0.15) is 4.98 Å². The summed E-state index contributed by atoms with van der Waals surface area (Å²) in [6.07, 6.45) is 4.74. The summed E-state index contributed by atoms with van der Waals surface area (Å²) in [4.78, 5) is 5.93. The first-order chi connectivity index (χ1) is 7.29. The Morgan fingerprint density at radius 1 is 1.47 bits per heavy atom. The van der Waals surface area contributed by atoms with Gasteiger partial charge in [0.2, 0.25) is 0 Å². The van der Waals surface area contributed by atoms with E-state index in [0.29, 0.717) is 18.3 Å². The minimum Gasteiger partial charge on any atom is -0.472 e. The maximum Gasteiger partial charge on any atom is 0.297 e. The van der Waals surface area contributed by atoms with E-state index < -0.39 is 0 Å². The first-order valence-corrected chi connectivity index (χ1v) is 4.57. The standard InChI is InChI=1S/C10H12N2O3/c1-12(4-8-2-3-14-6-8)10-11-9(5-13)7-15-10/h2-3,6-7,13H,4-5H2,1H3. The molecule has 0 saturated heterocycles. The Bertz CT molecular complexity index is 408. The third kappa shape index (κ3) is 2.19. The summed E-state index contributed by atoms with van der Waals surface area (Å²) in [7, 11) is 1.86. The van der Waals surface area contributed by atoms with E-state index in [2.05, 4.69) is 4.98 Å². The summed E-state index contributed by atoms with van der Waals surface area (Å²) in [5.74, 6) is 0. The SMILES string of the molecule is CN(Cc1ccoc1)c1nc(CO)co1. The lowest BCUT2D eigenvalue weighted by Gasteiger charge is -2.12. The zero-order valence-corrected chi connectivity index (χ0v) is 8.38. The van der Waals surface area contributed by atoms with Gasteiger partial charge in [-0.25, -0.2) is 0 Å². The normalized spacial score (nSPS) is 10.5. The van der Waals surface area contributed by atoms with Crippen LogP contribution in [0.15, 0.2) is 33.7 Å². The molecular weight excluding hydrogens is 196 g/mol. The van der Waals surface area contributed by atoms with Gasteiger partial charge in [0.1, 0.15) is 12.0 Å². The van der Waals surface area contributed by atoms with E-state index in [1.54, 1.807) is 12.5 Å². The molecule has 2 rings (SSSR count). The van der Waals surface area contributed by atoms with Crippen LogP contribution in [0.1, 0.15) is 11.3 Å². The maximum absolute atomic E-state index is 8.83. The fraction of sp³-hybridized carbons (Fsp3) is 0.300. The van der Waals surface area contributed by atoms with Crippen molar-refractivity contribution in [2.75, 3.05) is 11.9 Å². The first kappa shape index (κ1) is 9.79. The zero-order valence-electron chi connectivity index (χ0n) is 8.38. The maximum atomic E-state index is 8.83. The lowest BCUT2D eigenvalue weighted by Crippen LogP contribution is -2.16. The van der Waals surface area contributed by atoms with Gasteiger partial charge in [-0.05, 0) is 6.07 Å². The zero-order chi connectivity index (χ0) is 10.7. The first-order valence-electron chi connectivity index (χ1n) is 4.57. The fourth-order valence-electron chi connectivity index (χ4n) is 1.27. The number of furan rings is 1. The molecule has 0 radical (unpaired) electrons. The predicted octanol–water partition coefficient (Wildman–Crippen LogP) is 1.40. The van der Waals surface area contributed by atoms with Gasteiger partial charge in [-0.1, -0.05) is 0 Å². The van der Waals surface area contributed by atoms with E-state index in [4.69, 9.17) is 13.9 Å². The summed E-state index contributed by atoms with van der Waals surface area (Å²) in [6, 6.07) is 2.37. The summed E-state index contributed by atoms with van der Waals surface area (Å²) in [5, 5.41) is 8.83. The van der Waals surface area contributed by atoms with Crippen LogP contribution in [0.3, 0.4) is 0 Å². The highest BCUT2D eigenvalue weighted by atomic mass is 16.4. The number of hydrogen-bond acceptors (Lipinski definition) is 5. The Labute approximate surface area is 86.9 Å². The van der Waals surface area contributed by atoms with Crippen LogP contribution in [0.4, 0.5) is 6.01 Å². The quantitative estimate of drug-likeness (QED) is 0.822. The van der Waals surface area contributed by atoms with Crippen LogP contribution in [-0.4, -0.2) is 17.1 Å². The molecule has 0 bridgehead atoms. The highest BCUT2D eigenvalue weighted by Crippen LogP contribution is 2.14. The van der Waals surface area contributed by atoms with Crippen molar-refractivity contribution in [2.45, 2.75) is 13.2 Å². The Balaban J connectivity index is 2.04. The molecule has 5 heteroatoms. The smallest absolute Gasteiger partial charge is 0.297 e. The molecule has 0 aliphatic carbocycles. The van der Waals surface area contributed by atoms with Crippen molar-refractivity contribution < 1.29 is 13.9 Å². The summed E-state index contributed by atoms with van der Waals surface area (Å²) >= 11 is 0. The average molecular weight is 208 g/mol. The molecule has 1 N–H and O–H groups in total. The van der Waals surface area contributed by atoms with Gasteiger partial charge >= 0.3 is 0 Å². The Kier molecular flexibility index (Phi) is 2.73. The fourth-order valence-corrected chi connectivity index (χ4v) is 1.27. The van der Waals surface area contributed by atoms with Crippen molar-refractivity contribution in [3.8, 4) is 0 Å². The second-order valence-electron chi connectivity index (χ2n) is 3.27. The molecule has 0 aliphatic rings. The molecule has 15 heavy (non-hydrogen) atoms. The second-order valence-corrected chi connectivity index (χ2v) is 3.27. The Hall–Kier alpha value is -1.75. The highest BCUT2D eigenvalue weighted by molar-refractivity contribution is 5.27. The number of aromatic nitrogens is 1. The van der Waals surface area contributed by atoms with Gasteiger partial charge in [0.05, 0.1) is 25.7 Å². The molecule has 0 unspecified atom stereocenters. The Morgan fingerprint density at radius 3 is 2.93 bits per heavy atom. The highest BCUT2D eigenvalue weighted by Gasteiger charge is 2.09. The van der Waals surface area contributed by atoms with E-state index in [0.717, 1.165) is 5.56 Å². The molecular formula is C10H12N2O3. The van der Waals surface area contributed by atoms with Crippen molar-refractivity contribution in [2.24, 2.45) is 0 Å². The van der Waals surface area contributed by atoms with Gasteiger partial charge in [0.15, 0.2) is 0 Å². The number of aliphatic hydroxyl groups is 1. The van der Waals surface area contributed by atoms with E-state index in [9.17, 15) is 0 Å². The summed E-state index contributed by atoms with van der Waals surface area (Å²) in [5.41, 5.74) is 1.57. The van der Waals surface area contributed by atoms with Gasteiger partial charge < -0.3 is 18.8 Å². The average Bonchev–Trinajstić information content (AvgIpc) is 2.86. The molecule has 0 aromatic carbocycles.